The van der Waals surface area contributed by atoms with E-state index in [2.05, 4.69) is 15.5 Å². The lowest BCUT2D eigenvalue weighted by atomic mass is 10.3. The average molecular weight is 254 g/mol. The van der Waals surface area contributed by atoms with Crippen LogP contribution >= 0.6 is 11.6 Å². The Labute approximate surface area is 102 Å². The van der Waals surface area contributed by atoms with E-state index in [0.29, 0.717) is 16.7 Å². The largest absolute Gasteiger partial charge is 0.494 e. The summed E-state index contributed by atoms with van der Waals surface area (Å²) in [6.07, 6.45) is 0. The van der Waals surface area contributed by atoms with Gasteiger partial charge < -0.3 is 10.1 Å². The van der Waals surface area contributed by atoms with E-state index in [1.807, 2.05) is 0 Å². The molecular formula is C11H9ClFN3O. The lowest BCUT2D eigenvalue weighted by Gasteiger charge is -2.07. The van der Waals surface area contributed by atoms with Crippen LogP contribution in [0.1, 0.15) is 0 Å². The molecule has 1 aromatic heterocycles. The SMILES string of the molecule is COc1cc(Nc2ccc(Cl)nn2)ccc1F. The Morgan fingerprint density at radius 2 is 2.06 bits per heavy atom. The van der Waals surface area contributed by atoms with Crippen molar-refractivity contribution in [1.82, 2.24) is 10.2 Å². The molecule has 0 aliphatic rings. The average Bonchev–Trinajstić information content (AvgIpc) is 2.34. The van der Waals surface area contributed by atoms with Crippen LogP contribution in [0.5, 0.6) is 5.75 Å². The van der Waals surface area contributed by atoms with Gasteiger partial charge in [0.15, 0.2) is 22.5 Å². The predicted molar refractivity (Wildman–Crippen MR) is 63.3 cm³/mol. The van der Waals surface area contributed by atoms with Crippen LogP contribution < -0.4 is 10.1 Å². The van der Waals surface area contributed by atoms with Gasteiger partial charge in [-0.15, -0.1) is 10.2 Å². The van der Waals surface area contributed by atoms with E-state index in [1.165, 1.54) is 19.2 Å². The third kappa shape index (κ3) is 2.82. The summed E-state index contributed by atoms with van der Waals surface area (Å²) in [4.78, 5) is 0. The summed E-state index contributed by atoms with van der Waals surface area (Å²) in [7, 11) is 1.41. The van der Waals surface area contributed by atoms with E-state index < -0.39 is 5.82 Å². The Bertz CT molecular complexity index is 519. The van der Waals surface area contributed by atoms with Gasteiger partial charge in [-0.3, -0.25) is 0 Å². The molecule has 17 heavy (non-hydrogen) atoms. The van der Waals surface area contributed by atoms with Gasteiger partial charge in [0.05, 0.1) is 7.11 Å². The van der Waals surface area contributed by atoms with Gasteiger partial charge in [-0.1, -0.05) is 11.6 Å². The first kappa shape index (κ1) is 11.6. The molecule has 0 bridgehead atoms. The third-order valence-electron chi connectivity index (χ3n) is 2.06. The van der Waals surface area contributed by atoms with Gasteiger partial charge in [0, 0.05) is 11.8 Å². The lowest BCUT2D eigenvalue weighted by Crippen LogP contribution is -1.96. The molecule has 88 valence electrons. The molecule has 2 aromatic rings. The molecule has 0 saturated carbocycles. The van der Waals surface area contributed by atoms with Crippen molar-refractivity contribution in [2.75, 3.05) is 12.4 Å². The number of methoxy groups -OCH3 is 1. The molecular weight excluding hydrogens is 245 g/mol. The Hall–Kier alpha value is -1.88. The number of anilines is 2. The highest BCUT2D eigenvalue weighted by molar-refractivity contribution is 6.29. The number of ether oxygens (including phenoxy) is 1. The van der Waals surface area contributed by atoms with Crippen molar-refractivity contribution in [3.8, 4) is 5.75 Å². The van der Waals surface area contributed by atoms with Crippen LogP contribution in [0, 0.1) is 5.82 Å². The summed E-state index contributed by atoms with van der Waals surface area (Å²) >= 11 is 5.61. The number of nitrogens with one attached hydrogen (secondary N) is 1. The maximum Gasteiger partial charge on any atom is 0.165 e. The third-order valence-corrected chi connectivity index (χ3v) is 2.26. The van der Waals surface area contributed by atoms with E-state index in [0.717, 1.165) is 0 Å². The second-order valence-electron chi connectivity index (χ2n) is 3.22. The van der Waals surface area contributed by atoms with Gasteiger partial charge in [0.2, 0.25) is 0 Å². The van der Waals surface area contributed by atoms with E-state index >= 15 is 0 Å². The number of rotatable bonds is 3. The van der Waals surface area contributed by atoms with Crippen molar-refractivity contribution in [1.29, 1.82) is 0 Å². The summed E-state index contributed by atoms with van der Waals surface area (Å²) in [5, 5.41) is 10.8. The smallest absolute Gasteiger partial charge is 0.165 e. The Balaban J connectivity index is 2.21. The van der Waals surface area contributed by atoms with E-state index in [9.17, 15) is 4.39 Å². The van der Waals surface area contributed by atoms with Gasteiger partial charge in [-0.05, 0) is 24.3 Å². The molecule has 0 amide bonds. The van der Waals surface area contributed by atoms with Crippen LogP contribution in [-0.4, -0.2) is 17.3 Å². The van der Waals surface area contributed by atoms with Crippen molar-refractivity contribution < 1.29 is 9.13 Å². The fourth-order valence-corrected chi connectivity index (χ4v) is 1.37. The number of hydrogen-bond donors (Lipinski definition) is 1. The molecule has 0 saturated heterocycles. The van der Waals surface area contributed by atoms with Crippen LogP contribution in [0.15, 0.2) is 30.3 Å². The molecule has 0 atom stereocenters. The molecule has 0 fully saturated rings. The molecule has 2 rings (SSSR count). The zero-order valence-electron chi connectivity index (χ0n) is 8.95. The van der Waals surface area contributed by atoms with Gasteiger partial charge >= 0.3 is 0 Å². The van der Waals surface area contributed by atoms with Crippen LogP contribution in [0.3, 0.4) is 0 Å². The fourth-order valence-electron chi connectivity index (χ4n) is 1.27. The summed E-state index contributed by atoms with van der Waals surface area (Å²) in [6, 6.07) is 7.70. The molecule has 0 radical (unpaired) electrons. The van der Waals surface area contributed by atoms with Gasteiger partial charge in [0.1, 0.15) is 0 Å². The number of hydrogen-bond acceptors (Lipinski definition) is 4. The van der Waals surface area contributed by atoms with Crippen molar-refractivity contribution >= 4 is 23.1 Å². The van der Waals surface area contributed by atoms with Crippen molar-refractivity contribution in [2.24, 2.45) is 0 Å². The number of nitrogens with zero attached hydrogens (tertiary/aromatic N) is 2. The number of aromatic nitrogens is 2. The van der Waals surface area contributed by atoms with Crippen LogP contribution in [-0.2, 0) is 0 Å². The Morgan fingerprint density at radius 1 is 1.24 bits per heavy atom. The maximum absolute atomic E-state index is 13.2. The quantitative estimate of drug-likeness (QED) is 0.913. The summed E-state index contributed by atoms with van der Waals surface area (Å²) in [5.74, 6) is 0.264. The van der Waals surface area contributed by atoms with E-state index in [4.69, 9.17) is 16.3 Å². The highest BCUT2D eigenvalue weighted by atomic mass is 35.5. The minimum Gasteiger partial charge on any atom is -0.494 e. The second-order valence-corrected chi connectivity index (χ2v) is 3.60. The molecule has 4 nitrogen and oxygen atoms in total. The van der Waals surface area contributed by atoms with Crippen molar-refractivity contribution in [3.05, 3.63) is 41.3 Å². The van der Waals surface area contributed by atoms with Crippen LogP contribution in [0.2, 0.25) is 5.15 Å². The zero-order valence-corrected chi connectivity index (χ0v) is 9.70. The first-order valence-electron chi connectivity index (χ1n) is 4.79. The molecule has 1 aromatic carbocycles. The second kappa shape index (κ2) is 4.97. The minimum absolute atomic E-state index is 0.164. The fraction of sp³-hybridized carbons (Fsp3) is 0.0909. The topological polar surface area (TPSA) is 47.0 Å². The number of halogens is 2. The summed E-state index contributed by atoms with van der Waals surface area (Å²) in [6.45, 7) is 0. The van der Waals surface area contributed by atoms with E-state index in [1.54, 1.807) is 18.2 Å². The number of benzene rings is 1. The monoisotopic (exact) mass is 253 g/mol. The molecule has 0 unspecified atom stereocenters. The lowest BCUT2D eigenvalue weighted by molar-refractivity contribution is 0.387. The van der Waals surface area contributed by atoms with Gasteiger partial charge in [-0.2, -0.15) is 0 Å². The zero-order chi connectivity index (χ0) is 12.3. The highest BCUT2D eigenvalue weighted by Gasteiger charge is 2.04. The van der Waals surface area contributed by atoms with Gasteiger partial charge in [0.25, 0.3) is 0 Å². The Kier molecular flexibility index (Phi) is 3.39. The Morgan fingerprint density at radius 3 is 2.71 bits per heavy atom. The minimum atomic E-state index is -0.416. The van der Waals surface area contributed by atoms with E-state index in [-0.39, 0.29) is 5.75 Å². The first-order chi connectivity index (χ1) is 8.19. The van der Waals surface area contributed by atoms with Crippen molar-refractivity contribution in [2.45, 2.75) is 0 Å². The summed E-state index contributed by atoms with van der Waals surface area (Å²) < 4.78 is 18.0. The van der Waals surface area contributed by atoms with Gasteiger partial charge in [-0.25, -0.2) is 4.39 Å². The first-order valence-corrected chi connectivity index (χ1v) is 5.16. The maximum atomic E-state index is 13.2. The standard InChI is InChI=1S/C11H9ClFN3O/c1-17-9-6-7(2-3-8(9)13)14-11-5-4-10(12)15-16-11/h2-6H,1H3,(H,14,16). The molecule has 6 heteroatoms. The highest BCUT2D eigenvalue weighted by Crippen LogP contribution is 2.23. The van der Waals surface area contributed by atoms with Crippen LogP contribution in [0.25, 0.3) is 0 Å². The molecule has 0 aliphatic carbocycles. The normalized spacial score (nSPS) is 10.1. The molecule has 0 spiro atoms. The van der Waals surface area contributed by atoms with Crippen molar-refractivity contribution in [3.63, 3.8) is 0 Å². The molecule has 0 aliphatic heterocycles. The molecule has 1 heterocycles. The van der Waals surface area contributed by atoms with Crippen LogP contribution in [0.4, 0.5) is 15.9 Å². The summed E-state index contributed by atoms with van der Waals surface area (Å²) in [5.41, 5.74) is 0.653. The predicted octanol–water partition coefficient (Wildman–Crippen LogP) is 3.02. The molecule has 1 N–H and O–H groups in total.